The number of aryl methyl sites for hydroxylation is 3. The van der Waals surface area contributed by atoms with Gasteiger partial charge in [-0.3, -0.25) is 4.98 Å². The van der Waals surface area contributed by atoms with Gasteiger partial charge in [-0.1, -0.05) is 30.3 Å². The Labute approximate surface area is 199 Å². The van der Waals surface area contributed by atoms with E-state index >= 15 is 0 Å². The third-order valence-electron chi connectivity index (χ3n) is 5.51. The molecular formula is C27H29NO6. The van der Waals surface area contributed by atoms with Crippen molar-refractivity contribution in [3.8, 4) is 22.6 Å². The number of nitrogens with zero attached hydrogens (tertiary/aromatic N) is 1. The van der Waals surface area contributed by atoms with Crippen LogP contribution >= 0.6 is 0 Å². The van der Waals surface area contributed by atoms with Gasteiger partial charge < -0.3 is 18.9 Å². The Morgan fingerprint density at radius 1 is 0.824 bits per heavy atom. The van der Waals surface area contributed by atoms with Gasteiger partial charge in [0.15, 0.2) is 11.5 Å². The summed E-state index contributed by atoms with van der Waals surface area (Å²) >= 11 is 0. The normalized spacial score (nSPS) is 10.5. The molecule has 0 unspecified atom stereocenters. The number of rotatable bonds is 8. The molecule has 0 atom stereocenters. The first-order valence-corrected chi connectivity index (χ1v) is 10.9. The van der Waals surface area contributed by atoms with Crippen molar-refractivity contribution in [2.75, 3.05) is 20.8 Å². The van der Waals surface area contributed by atoms with Crippen LogP contribution in [-0.2, 0) is 16.1 Å². The van der Waals surface area contributed by atoms with Gasteiger partial charge in [-0.25, -0.2) is 9.59 Å². The quantitative estimate of drug-likeness (QED) is 0.423. The molecule has 0 aliphatic heterocycles. The molecule has 0 aliphatic carbocycles. The van der Waals surface area contributed by atoms with Crippen LogP contribution in [0.1, 0.15) is 50.2 Å². The fourth-order valence-corrected chi connectivity index (χ4v) is 3.82. The van der Waals surface area contributed by atoms with Gasteiger partial charge in [-0.2, -0.15) is 0 Å². The van der Waals surface area contributed by atoms with Crippen molar-refractivity contribution >= 4 is 11.9 Å². The van der Waals surface area contributed by atoms with E-state index in [2.05, 4.69) is 4.98 Å². The van der Waals surface area contributed by atoms with Crippen LogP contribution in [0, 0.1) is 20.8 Å². The summed E-state index contributed by atoms with van der Waals surface area (Å²) in [6, 6.07) is 13.3. The molecule has 0 saturated heterocycles. The van der Waals surface area contributed by atoms with Crippen LogP contribution in [0.4, 0.5) is 0 Å². The number of carbonyl (C=O) groups excluding carboxylic acids is 2. The van der Waals surface area contributed by atoms with Gasteiger partial charge in [0.05, 0.1) is 43.3 Å². The molecule has 2 aromatic carbocycles. The molecule has 0 bridgehead atoms. The zero-order valence-corrected chi connectivity index (χ0v) is 20.4. The molecule has 1 aromatic heterocycles. The van der Waals surface area contributed by atoms with Gasteiger partial charge in [0.2, 0.25) is 0 Å². The average molecular weight is 464 g/mol. The molecule has 1 heterocycles. The third kappa shape index (κ3) is 5.03. The molecule has 34 heavy (non-hydrogen) atoms. The number of esters is 2. The van der Waals surface area contributed by atoms with Gasteiger partial charge in [-0.05, 0) is 56.5 Å². The van der Waals surface area contributed by atoms with Gasteiger partial charge in [0, 0.05) is 5.56 Å². The molecule has 7 nitrogen and oxygen atoms in total. The predicted octanol–water partition coefficient (Wildman–Crippen LogP) is 5.22. The molecule has 0 N–H and O–H groups in total. The Morgan fingerprint density at radius 2 is 1.44 bits per heavy atom. The number of carbonyl (C=O) groups is 2. The van der Waals surface area contributed by atoms with E-state index in [9.17, 15) is 9.59 Å². The standard InChI is InChI=1S/C27H29NO6/c1-7-33-22-14-19(12-13-21(22)34-15-20-11-9-8-10-16(20)2)25-23(26(29)31-5)17(3)28-18(4)24(25)27(30)32-6/h8-14H,7,15H2,1-6H3. The van der Waals surface area contributed by atoms with E-state index in [1.54, 1.807) is 32.0 Å². The second kappa shape index (κ2) is 10.8. The lowest BCUT2D eigenvalue weighted by Gasteiger charge is -2.19. The maximum absolute atomic E-state index is 12.7. The minimum atomic E-state index is -0.594. The molecule has 3 aromatic rings. The van der Waals surface area contributed by atoms with Gasteiger partial charge in [-0.15, -0.1) is 0 Å². The van der Waals surface area contributed by atoms with Crippen molar-refractivity contribution < 1.29 is 28.5 Å². The second-order valence-electron chi connectivity index (χ2n) is 7.70. The van der Waals surface area contributed by atoms with E-state index in [1.807, 2.05) is 38.1 Å². The van der Waals surface area contributed by atoms with Crippen molar-refractivity contribution in [3.05, 3.63) is 76.1 Å². The summed E-state index contributed by atoms with van der Waals surface area (Å²) in [5, 5.41) is 0. The Balaban J connectivity index is 2.15. The largest absolute Gasteiger partial charge is 0.490 e. The minimum Gasteiger partial charge on any atom is -0.490 e. The molecule has 0 saturated carbocycles. The summed E-state index contributed by atoms with van der Waals surface area (Å²) < 4.78 is 21.9. The Hall–Kier alpha value is -3.87. The summed E-state index contributed by atoms with van der Waals surface area (Å²) in [7, 11) is 2.58. The first-order chi connectivity index (χ1) is 16.3. The number of hydrogen-bond acceptors (Lipinski definition) is 7. The van der Waals surface area contributed by atoms with Crippen LogP contribution in [0.25, 0.3) is 11.1 Å². The molecule has 0 radical (unpaired) electrons. The highest BCUT2D eigenvalue weighted by atomic mass is 16.5. The Bertz CT molecular complexity index is 1180. The molecule has 178 valence electrons. The smallest absolute Gasteiger partial charge is 0.340 e. The number of hydrogen-bond donors (Lipinski definition) is 0. The molecular weight excluding hydrogens is 434 g/mol. The van der Waals surface area contributed by atoms with Crippen LogP contribution in [0.3, 0.4) is 0 Å². The lowest BCUT2D eigenvalue weighted by atomic mass is 9.92. The Morgan fingerprint density at radius 3 is 2.00 bits per heavy atom. The lowest BCUT2D eigenvalue weighted by molar-refractivity contribution is 0.0599. The van der Waals surface area contributed by atoms with Crippen LogP contribution < -0.4 is 9.47 Å². The zero-order chi connectivity index (χ0) is 24.8. The number of pyridine rings is 1. The number of methoxy groups -OCH3 is 2. The molecule has 0 fully saturated rings. The first-order valence-electron chi connectivity index (χ1n) is 10.9. The van der Waals surface area contributed by atoms with Crippen molar-refractivity contribution in [2.45, 2.75) is 34.3 Å². The highest BCUT2D eigenvalue weighted by Crippen LogP contribution is 2.38. The van der Waals surface area contributed by atoms with Gasteiger partial charge >= 0.3 is 11.9 Å². The summed E-state index contributed by atoms with van der Waals surface area (Å²) in [5.41, 5.74) is 4.46. The van der Waals surface area contributed by atoms with Crippen LogP contribution in [0.5, 0.6) is 11.5 Å². The lowest BCUT2D eigenvalue weighted by Crippen LogP contribution is -2.16. The topological polar surface area (TPSA) is 84.0 Å². The average Bonchev–Trinajstić information content (AvgIpc) is 2.83. The number of aromatic nitrogens is 1. The van der Waals surface area contributed by atoms with Crippen molar-refractivity contribution in [2.24, 2.45) is 0 Å². The minimum absolute atomic E-state index is 0.199. The maximum Gasteiger partial charge on any atom is 0.340 e. The Kier molecular flexibility index (Phi) is 7.89. The highest BCUT2D eigenvalue weighted by Gasteiger charge is 2.28. The summed E-state index contributed by atoms with van der Waals surface area (Å²) in [5.74, 6) is -0.145. The van der Waals surface area contributed by atoms with Crippen molar-refractivity contribution in [1.29, 1.82) is 0 Å². The molecule has 0 aliphatic rings. The van der Waals surface area contributed by atoms with E-state index in [0.29, 0.717) is 47.2 Å². The molecule has 0 spiro atoms. The van der Waals surface area contributed by atoms with Crippen LogP contribution in [-0.4, -0.2) is 37.7 Å². The van der Waals surface area contributed by atoms with E-state index in [4.69, 9.17) is 18.9 Å². The van der Waals surface area contributed by atoms with Crippen LogP contribution in [0.15, 0.2) is 42.5 Å². The summed E-state index contributed by atoms with van der Waals surface area (Å²) in [4.78, 5) is 29.8. The van der Waals surface area contributed by atoms with Crippen LogP contribution in [0.2, 0.25) is 0 Å². The third-order valence-corrected chi connectivity index (χ3v) is 5.51. The van der Waals surface area contributed by atoms with E-state index < -0.39 is 11.9 Å². The molecule has 3 rings (SSSR count). The fraction of sp³-hybridized carbons (Fsp3) is 0.296. The highest BCUT2D eigenvalue weighted by molar-refractivity contribution is 6.07. The monoisotopic (exact) mass is 463 g/mol. The van der Waals surface area contributed by atoms with Crippen molar-refractivity contribution in [1.82, 2.24) is 4.98 Å². The predicted molar refractivity (Wildman–Crippen MR) is 129 cm³/mol. The van der Waals surface area contributed by atoms with E-state index in [1.165, 1.54) is 14.2 Å². The zero-order valence-electron chi connectivity index (χ0n) is 20.4. The summed E-state index contributed by atoms with van der Waals surface area (Å²) in [6.07, 6.45) is 0. The van der Waals surface area contributed by atoms with Crippen molar-refractivity contribution in [3.63, 3.8) is 0 Å². The molecule has 7 heteroatoms. The van der Waals surface area contributed by atoms with Gasteiger partial charge in [0.1, 0.15) is 6.61 Å². The number of ether oxygens (including phenoxy) is 4. The fourth-order valence-electron chi connectivity index (χ4n) is 3.82. The summed E-state index contributed by atoms with van der Waals surface area (Å²) in [6.45, 7) is 8.09. The number of benzene rings is 2. The first kappa shape index (κ1) is 24.8. The van der Waals surface area contributed by atoms with Gasteiger partial charge in [0.25, 0.3) is 0 Å². The maximum atomic E-state index is 12.7. The molecule has 0 amide bonds. The SMILES string of the molecule is CCOc1cc(-c2c(C(=O)OC)c(C)nc(C)c2C(=O)OC)ccc1OCc1ccccc1C. The van der Waals surface area contributed by atoms with E-state index in [0.717, 1.165) is 11.1 Å². The second-order valence-corrected chi connectivity index (χ2v) is 7.70. The van der Waals surface area contributed by atoms with E-state index in [-0.39, 0.29) is 11.1 Å².